The van der Waals surface area contributed by atoms with Gasteiger partial charge in [-0.25, -0.2) is 4.79 Å². The van der Waals surface area contributed by atoms with Gasteiger partial charge in [-0.1, -0.05) is 137 Å². The second-order valence-corrected chi connectivity index (χ2v) is 19.6. The minimum Gasteiger partial charge on any atom is -0.508 e. The van der Waals surface area contributed by atoms with E-state index in [9.17, 15) is 15.3 Å². The van der Waals surface area contributed by atoms with Gasteiger partial charge in [-0.2, -0.15) is 0 Å². The number of aromatic hydroxyl groups is 1. The van der Waals surface area contributed by atoms with E-state index in [2.05, 4.69) is 43.8 Å². The third-order valence-electron chi connectivity index (χ3n) is 13.6. The number of phenolic OH excluding ortho intramolecular Hbond substituents is 1. The number of ether oxygens (including phenoxy) is 3. The number of phenols is 1. The number of rotatable bonds is 26. The summed E-state index contributed by atoms with van der Waals surface area (Å²) >= 11 is 0. The number of carbonyl (C=O) groups is 1. The quantitative estimate of drug-likeness (QED) is 0.0413. The van der Waals surface area contributed by atoms with Gasteiger partial charge in [0.2, 0.25) is 5.79 Å². The number of unbranched alkanes of at least 4 members (excludes halogenated alkanes) is 11. The highest BCUT2D eigenvalue weighted by molar-refractivity contribution is 6.03. The molecule has 0 aromatic heterocycles. The molecular weight excluding hydrogens is 817 g/mol. The van der Waals surface area contributed by atoms with Crippen LogP contribution in [0.15, 0.2) is 90.1 Å². The lowest BCUT2D eigenvalue weighted by molar-refractivity contribution is -0.256. The van der Waals surface area contributed by atoms with Crippen molar-refractivity contribution in [1.82, 2.24) is 4.90 Å². The van der Waals surface area contributed by atoms with Crippen LogP contribution in [0, 0.1) is 17.8 Å². The predicted octanol–water partition coefficient (Wildman–Crippen LogP) is 12.5. The average Bonchev–Trinajstić information content (AvgIpc) is 3.29. The van der Waals surface area contributed by atoms with Crippen LogP contribution in [-0.2, 0) is 20.9 Å². The molecule has 3 aromatic rings. The van der Waals surface area contributed by atoms with Crippen LogP contribution in [0.2, 0.25) is 0 Å². The number of benzene rings is 3. The molecule has 1 fully saturated rings. The number of aliphatic hydroxyl groups is 2. The third-order valence-corrected chi connectivity index (χ3v) is 13.6. The molecule has 65 heavy (non-hydrogen) atoms. The minimum absolute atomic E-state index is 0.0449. The van der Waals surface area contributed by atoms with E-state index < -0.39 is 29.4 Å². The van der Waals surface area contributed by atoms with Gasteiger partial charge in [0.05, 0.1) is 31.4 Å². The molecule has 1 heterocycles. The van der Waals surface area contributed by atoms with Crippen LogP contribution in [0.4, 0.5) is 4.79 Å². The van der Waals surface area contributed by atoms with Gasteiger partial charge in [0.15, 0.2) is 0 Å². The van der Waals surface area contributed by atoms with E-state index in [0.29, 0.717) is 25.2 Å². The van der Waals surface area contributed by atoms with Crippen molar-refractivity contribution in [2.24, 2.45) is 22.9 Å². The van der Waals surface area contributed by atoms with Gasteiger partial charge in [0.1, 0.15) is 23.1 Å². The number of hydrogen-bond donors (Lipinski definition) is 3. The molecule has 0 saturated heterocycles. The summed E-state index contributed by atoms with van der Waals surface area (Å²) in [5, 5.41) is 38.1. The molecule has 356 valence electrons. The molecule has 3 N–H and O–H groups in total. The monoisotopic (exact) mass is 895 g/mol. The zero-order chi connectivity index (χ0) is 46.2. The molecule has 0 bridgehead atoms. The second kappa shape index (κ2) is 24.4. The summed E-state index contributed by atoms with van der Waals surface area (Å²) in [4.78, 5) is 23.3. The number of allylic oxidation sites excluding steroid dienone is 1. The number of hydrogen-bond acceptors (Lipinski definition) is 9. The van der Waals surface area contributed by atoms with Gasteiger partial charge >= 0.3 is 6.09 Å². The summed E-state index contributed by atoms with van der Waals surface area (Å²) in [6.07, 6.45) is 20.3. The second-order valence-electron chi connectivity index (χ2n) is 19.6. The molecule has 1 aliphatic heterocycles. The molecule has 10 heteroatoms. The standard InChI is InChI=1S/C55H78N2O8/c1-6-8-9-10-11-12-13-14-15-22-35-62-53(61)57(39-42-27-23-26-40-24-16-17-28-44(40)42)50-38-48(56-65-54(3,4)5)46-36-41(25-18-20-32-58)45(29-19-21-33-59)51-47-37-43(60)30-31-49(47)64-55(50,52(46)51)63-34-7-2/h7,16-17,23-24,26-28,30-31,36-37,41,45,50-52,58-60H,2,6,8-15,18-22,25,29,32-35,38-39H2,1,3-5H3/t41-,45+,50-,51+,52+,55+/m0/s1. The first-order valence-corrected chi connectivity index (χ1v) is 24.9. The fraction of sp³-hybridized carbons (Fsp3) is 0.600. The van der Waals surface area contributed by atoms with Gasteiger partial charge < -0.3 is 34.4 Å². The number of nitrogens with zero attached hydrogens (tertiary/aromatic N) is 2. The number of carbonyl (C=O) groups excluding carboxylic acids is 1. The smallest absolute Gasteiger partial charge is 0.410 e. The van der Waals surface area contributed by atoms with Crippen molar-refractivity contribution in [3.05, 3.63) is 96.1 Å². The lowest BCUT2D eigenvalue weighted by Crippen LogP contribution is -2.70. The predicted molar refractivity (Wildman–Crippen MR) is 260 cm³/mol. The first-order valence-electron chi connectivity index (χ1n) is 24.9. The molecule has 1 amide bonds. The van der Waals surface area contributed by atoms with Crippen LogP contribution in [0.3, 0.4) is 0 Å². The normalized spacial score (nSPS) is 23.0. The molecule has 1 saturated carbocycles. The Morgan fingerprint density at radius 2 is 1.58 bits per heavy atom. The van der Waals surface area contributed by atoms with Gasteiger partial charge in [0.25, 0.3) is 0 Å². The summed E-state index contributed by atoms with van der Waals surface area (Å²) in [5.74, 6) is -1.31. The zero-order valence-electron chi connectivity index (χ0n) is 39.9. The Kier molecular flexibility index (Phi) is 18.8. The van der Waals surface area contributed by atoms with Crippen molar-refractivity contribution in [3.63, 3.8) is 0 Å². The maximum absolute atomic E-state index is 15.1. The van der Waals surface area contributed by atoms with Crippen molar-refractivity contribution in [2.45, 2.75) is 167 Å². The Hall–Kier alpha value is -4.38. The zero-order valence-corrected chi connectivity index (χ0v) is 39.9. The Bertz CT molecular complexity index is 2040. The van der Waals surface area contributed by atoms with E-state index in [4.69, 9.17) is 24.2 Å². The van der Waals surface area contributed by atoms with Crippen LogP contribution in [-0.4, -0.2) is 75.9 Å². The van der Waals surface area contributed by atoms with E-state index >= 15 is 4.79 Å². The van der Waals surface area contributed by atoms with Crippen LogP contribution in [0.1, 0.15) is 154 Å². The minimum atomic E-state index is -1.44. The molecule has 3 aliphatic rings. The SMILES string of the molecule is C=CCO[C@@]12Oc3ccc(O)cc3[C@H]3[C@H](CCCCO)[C@@H](CCCCO)C=C(C(=NOC(C)(C)C)C[C@@H]1N(Cc1cccc4ccccc14)C(=O)OCCCCCCCCCCCC)[C@H]32. The summed E-state index contributed by atoms with van der Waals surface area (Å²) in [6, 6.07) is 19.0. The maximum atomic E-state index is 15.1. The number of fused-ring (bicyclic) bond motifs is 3. The fourth-order valence-corrected chi connectivity index (χ4v) is 10.6. The number of aliphatic hydroxyl groups excluding tert-OH is 2. The first kappa shape index (κ1) is 50.0. The van der Waals surface area contributed by atoms with Gasteiger partial charge in [-0.3, -0.25) is 4.90 Å². The Morgan fingerprint density at radius 3 is 2.29 bits per heavy atom. The van der Waals surface area contributed by atoms with Crippen LogP contribution >= 0.6 is 0 Å². The van der Waals surface area contributed by atoms with Gasteiger partial charge in [-0.05, 0) is 105 Å². The average molecular weight is 895 g/mol. The highest BCUT2D eigenvalue weighted by atomic mass is 16.7. The summed E-state index contributed by atoms with van der Waals surface area (Å²) in [6.45, 7) is 13.1. The lowest BCUT2D eigenvalue weighted by atomic mass is 9.55. The molecule has 2 aliphatic carbocycles. The Morgan fingerprint density at radius 1 is 0.892 bits per heavy atom. The lowest BCUT2D eigenvalue weighted by Gasteiger charge is -2.60. The van der Waals surface area contributed by atoms with Crippen LogP contribution in [0.5, 0.6) is 11.5 Å². The fourth-order valence-electron chi connectivity index (χ4n) is 10.6. The highest BCUT2D eigenvalue weighted by Gasteiger charge is 2.65. The maximum Gasteiger partial charge on any atom is 0.410 e. The van der Waals surface area contributed by atoms with Gasteiger partial charge in [0, 0.05) is 31.1 Å². The van der Waals surface area contributed by atoms with Gasteiger partial charge in [-0.15, -0.1) is 6.58 Å². The molecular formula is C55H78N2O8. The van der Waals surface area contributed by atoms with Crippen molar-refractivity contribution in [2.75, 3.05) is 26.4 Å². The van der Waals surface area contributed by atoms with E-state index in [1.54, 1.807) is 12.1 Å². The molecule has 6 rings (SSSR count). The van der Waals surface area contributed by atoms with E-state index in [1.165, 1.54) is 44.9 Å². The van der Waals surface area contributed by atoms with Crippen molar-refractivity contribution >= 4 is 22.6 Å². The molecule has 3 aromatic carbocycles. The van der Waals surface area contributed by atoms with Crippen LogP contribution < -0.4 is 4.74 Å². The molecule has 0 spiro atoms. The molecule has 10 nitrogen and oxygen atoms in total. The van der Waals surface area contributed by atoms with Crippen LogP contribution in [0.25, 0.3) is 10.8 Å². The molecule has 0 radical (unpaired) electrons. The molecule has 6 atom stereocenters. The van der Waals surface area contributed by atoms with Crippen molar-refractivity contribution < 1.29 is 39.2 Å². The Labute approximate surface area is 389 Å². The Balaban J connectivity index is 1.47. The molecule has 0 unspecified atom stereocenters. The topological polar surface area (TPSA) is 130 Å². The van der Waals surface area contributed by atoms with E-state index in [0.717, 1.165) is 78.1 Å². The van der Waals surface area contributed by atoms with E-state index in [1.807, 2.05) is 56.0 Å². The number of oxime groups is 1. The van der Waals surface area contributed by atoms with E-state index in [-0.39, 0.29) is 56.3 Å². The largest absolute Gasteiger partial charge is 0.508 e. The summed E-state index contributed by atoms with van der Waals surface area (Å²) in [5.41, 5.74) is 2.91. The highest BCUT2D eigenvalue weighted by Crippen LogP contribution is 2.62. The first-order chi connectivity index (χ1) is 31.5. The number of amides is 1. The summed E-state index contributed by atoms with van der Waals surface area (Å²) < 4.78 is 20.8. The summed E-state index contributed by atoms with van der Waals surface area (Å²) in [7, 11) is 0. The van der Waals surface area contributed by atoms with Crippen molar-refractivity contribution in [3.8, 4) is 11.5 Å². The van der Waals surface area contributed by atoms with Crippen molar-refractivity contribution in [1.29, 1.82) is 0 Å². The third kappa shape index (κ3) is 12.7.